The monoisotopic (exact) mass is 1900 g/mol. The van der Waals surface area contributed by atoms with Crippen molar-refractivity contribution in [2.45, 2.75) is 24.7 Å². The molecule has 0 saturated carbocycles. The van der Waals surface area contributed by atoms with E-state index in [1.54, 1.807) is 79.6 Å². The molecule has 0 unspecified atom stereocenters. The number of fused-ring (bicyclic) bond motifs is 5. The molecule has 20 aromatic rings. The van der Waals surface area contributed by atoms with Crippen LogP contribution in [-0.2, 0) is 4.74 Å². The molecular formula is C109H108F2N26O3S. The standard InChI is InChI=1S/C24H26N6.C23H23N5O2.C21H21N5O.C21H21N5S.C20H17F2N5/c1-28(2)20-9-6-8-19(16-20)27-23-24-26-17-22(30(24)14-11-25-23)18-7-5-10-21(15-18)29-12-3-4-13-29;1-4-30-23(29)17-8-5-7-16(13-17)20-15-25-22-21(24-11-12-28(20)22)26-18-9-6-10-19(14-18)27(2)3;1-25(2)16-8-6-7-15(13-16)24-20-21-23-14-18(26(21)12-11-22-20)17-9-4-5-10-19(17)27-3;1-25(2)17-6-4-5-16(13-17)24-20-21-23-14-19(26(21)12-11-22-20)15-7-9-18(27-3)10-8-15;1-26(2)15-5-3-4-14(11-15)25-19-20-24-12-18(27(20)9-8-23-19)16-7-6-13(21)10-17(16)22/h5-11,14-17H,3-4,12-13H2,1-2H3,(H,25,27);5-15H,4H2,1-3H3,(H,24,26);2*4-14H,1-3H3,(H,22,24);3-12H,1-2H3,(H,23,25). The molecule has 21 rings (SSSR count). The van der Waals surface area contributed by atoms with Crippen molar-refractivity contribution < 1.29 is 23.0 Å². The van der Waals surface area contributed by atoms with Gasteiger partial charge >= 0.3 is 5.97 Å². The Morgan fingerprint density at radius 1 is 0.362 bits per heavy atom. The number of halogens is 2. The van der Waals surface area contributed by atoms with Crippen LogP contribution in [0.5, 0.6) is 5.75 Å². The zero-order valence-corrected chi connectivity index (χ0v) is 81.3. The Hall–Kier alpha value is -17.4. The lowest BCUT2D eigenvalue weighted by Gasteiger charge is -2.18. The number of rotatable bonds is 25. The third-order valence-corrected chi connectivity index (χ3v) is 24.3. The van der Waals surface area contributed by atoms with E-state index in [0.29, 0.717) is 46.6 Å². The fraction of sp³-hybridized carbons (Fsp3) is 0.165. The third kappa shape index (κ3) is 22.2. The minimum Gasteiger partial charge on any atom is -0.496 e. The van der Waals surface area contributed by atoms with Crippen LogP contribution in [0.2, 0.25) is 0 Å². The van der Waals surface area contributed by atoms with Crippen molar-refractivity contribution in [2.75, 3.05) is 160 Å². The zero-order valence-electron chi connectivity index (χ0n) is 80.5. The number of aromatic nitrogens is 15. The molecule has 1 aliphatic heterocycles. The second kappa shape index (κ2) is 43.7. The summed E-state index contributed by atoms with van der Waals surface area (Å²) in [6, 6.07) is 76.7. The van der Waals surface area contributed by atoms with Gasteiger partial charge in [-0.3, -0.25) is 22.0 Å². The number of benzene rings is 10. The first-order chi connectivity index (χ1) is 68.6. The van der Waals surface area contributed by atoms with Gasteiger partial charge in [0.1, 0.15) is 17.4 Å². The molecule has 10 aromatic heterocycles. The second-order valence-electron chi connectivity index (χ2n) is 34.0. The van der Waals surface area contributed by atoms with Gasteiger partial charge in [-0.1, -0.05) is 78.9 Å². The molecule has 10 aromatic carbocycles. The van der Waals surface area contributed by atoms with Crippen LogP contribution in [0, 0.1) is 11.6 Å². The number of anilines is 16. The number of hydrogen-bond acceptors (Lipinski definition) is 25. The van der Waals surface area contributed by atoms with Crippen LogP contribution >= 0.6 is 11.8 Å². The van der Waals surface area contributed by atoms with E-state index in [4.69, 9.17) is 9.47 Å². The van der Waals surface area contributed by atoms with Crippen molar-refractivity contribution in [3.63, 3.8) is 0 Å². The number of hydrogen-bond donors (Lipinski definition) is 5. The van der Waals surface area contributed by atoms with Crippen LogP contribution in [-0.4, -0.2) is 181 Å². The molecule has 0 atom stereocenters. The predicted molar refractivity (Wildman–Crippen MR) is 568 cm³/mol. The molecule has 0 aliphatic carbocycles. The van der Waals surface area contributed by atoms with E-state index in [2.05, 4.69) is 202 Å². The molecule has 1 aliphatic rings. The Labute approximate surface area is 820 Å². The third-order valence-electron chi connectivity index (χ3n) is 23.5. The minimum atomic E-state index is -0.637. The normalized spacial score (nSPS) is 11.5. The summed E-state index contributed by atoms with van der Waals surface area (Å²) in [5.74, 6) is 2.60. The Balaban J connectivity index is 0.000000122. The highest BCUT2D eigenvalue weighted by atomic mass is 32.2. The van der Waals surface area contributed by atoms with Crippen LogP contribution in [0.1, 0.15) is 30.1 Å². The van der Waals surface area contributed by atoms with E-state index in [1.807, 2.05) is 260 Å². The molecule has 141 heavy (non-hydrogen) atoms. The van der Waals surface area contributed by atoms with Crippen molar-refractivity contribution in [3.8, 4) is 62.0 Å². The van der Waals surface area contributed by atoms with Crippen molar-refractivity contribution in [1.29, 1.82) is 0 Å². The van der Waals surface area contributed by atoms with Gasteiger partial charge in [0, 0.05) is 247 Å². The summed E-state index contributed by atoms with van der Waals surface area (Å²) in [6.07, 6.45) is 31.7. The van der Waals surface area contributed by atoms with Crippen LogP contribution < -0.4 is 60.7 Å². The van der Waals surface area contributed by atoms with Crippen molar-refractivity contribution in [2.24, 2.45) is 0 Å². The fourth-order valence-electron chi connectivity index (χ4n) is 16.2. The number of carbonyl (C=O) groups is 1. The van der Waals surface area contributed by atoms with Crippen LogP contribution in [0.3, 0.4) is 0 Å². The summed E-state index contributed by atoms with van der Waals surface area (Å²) in [5.41, 5.74) is 24.5. The summed E-state index contributed by atoms with van der Waals surface area (Å²) in [6.45, 7) is 4.41. The molecule has 5 N–H and O–H groups in total. The molecule has 0 bridgehead atoms. The van der Waals surface area contributed by atoms with E-state index >= 15 is 0 Å². The minimum absolute atomic E-state index is 0.274. The number of carbonyl (C=O) groups excluding carboxylic acids is 1. The number of ether oxygens (including phenoxy) is 2. The lowest BCUT2D eigenvalue weighted by molar-refractivity contribution is 0.0526. The first-order valence-electron chi connectivity index (χ1n) is 45.8. The van der Waals surface area contributed by atoms with E-state index in [0.717, 1.165) is 150 Å². The summed E-state index contributed by atoms with van der Waals surface area (Å²) < 4.78 is 47.9. The Kier molecular flexibility index (Phi) is 29.6. The number of nitrogens with zero attached hydrogens (tertiary/aromatic N) is 21. The Morgan fingerprint density at radius 2 is 0.709 bits per heavy atom. The van der Waals surface area contributed by atoms with Crippen LogP contribution in [0.25, 0.3) is 84.5 Å². The summed E-state index contributed by atoms with van der Waals surface area (Å²) in [5, 5.41) is 16.8. The second-order valence-corrected chi connectivity index (χ2v) is 34.9. The van der Waals surface area contributed by atoms with Crippen LogP contribution in [0.4, 0.5) is 100 Å². The average molecular weight is 1900 g/mol. The van der Waals surface area contributed by atoms with E-state index < -0.39 is 11.6 Å². The quantitative estimate of drug-likeness (QED) is 0.0263. The highest BCUT2D eigenvalue weighted by Crippen LogP contribution is 2.38. The molecule has 11 heterocycles. The number of para-hydroxylation sites is 1. The van der Waals surface area contributed by atoms with Gasteiger partial charge in [-0.15, -0.1) is 11.8 Å². The summed E-state index contributed by atoms with van der Waals surface area (Å²) in [7, 11) is 21.8. The number of imidazole rings is 5. The maximum Gasteiger partial charge on any atom is 0.338 e. The number of methoxy groups -OCH3 is 1. The molecule has 29 nitrogen and oxygen atoms in total. The lowest BCUT2D eigenvalue weighted by atomic mass is 10.1. The smallest absolute Gasteiger partial charge is 0.338 e. The largest absolute Gasteiger partial charge is 0.496 e. The van der Waals surface area contributed by atoms with E-state index in [-0.39, 0.29) is 11.5 Å². The van der Waals surface area contributed by atoms with Crippen LogP contribution in [0.15, 0.2) is 334 Å². The number of thioether (sulfide) groups is 1. The number of esters is 1. The first kappa shape index (κ1) is 95.3. The Bertz CT molecular complexity index is 7760. The molecule has 0 spiro atoms. The molecule has 712 valence electrons. The maximum absolute atomic E-state index is 14.2. The van der Waals surface area contributed by atoms with E-state index in [1.165, 1.54) is 41.1 Å². The molecule has 32 heteroatoms. The van der Waals surface area contributed by atoms with Gasteiger partial charge < -0.3 is 65.5 Å². The molecule has 0 amide bonds. The van der Waals surface area contributed by atoms with Gasteiger partial charge in [0.2, 0.25) is 0 Å². The topological polar surface area (TPSA) is 266 Å². The Morgan fingerprint density at radius 3 is 1.08 bits per heavy atom. The van der Waals surface area contributed by atoms with Crippen molar-refractivity contribution >= 4 is 138 Å². The summed E-state index contributed by atoms with van der Waals surface area (Å²) >= 11 is 1.74. The average Bonchev–Trinajstić information content (AvgIpc) is 1.66. The first-order valence-corrected chi connectivity index (χ1v) is 47.0. The van der Waals surface area contributed by atoms with E-state index in [9.17, 15) is 13.6 Å². The van der Waals surface area contributed by atoms with Gasteiger partial charge in [-0.2, -0.15) is 0 Å². The summed E-state index contributed by atoms with van der Waals surface area (Å²) in [4.78, 5) is 71.3. The highest BCUT2D eigenvalue weighted by Gasteiger charge is 2.22. The highest BCUT2D eigenvalue weighted by molar-refractivity contribution is 7.98. The van der Waals surface area contributed by atoms with Crippen molar-refractivity contribution in [1.82, 2.24) is 71.8 Å². The van der Waals surface area contributed by atoms with Gasteiger partial charge in [0.15, 0.2) is 57.3 Å². The van der Waals surface area contributed by atoms with Gasteiger partial charge in [-0.25, -0.2) is 63.4 Å². The predicted octanol–water partition coefficient (Wildman–Crippen LogP) is 22.8. The zero-order chi connectivity index (χ0) is 98.2. The number of nitrogens with one attached hydrogen (secondary N) is 5. The van der Waals surface area contributed by atoms with Gasteiger partial charge in [0.25, 0.3) is 0 Å². The lowest BCUT2D eigenvalue weighted by Crippen LogP contribution is -2.17. The molecular weight excluding hydrogens is 1790 g/mol. The SMILES string of the molecule is CCOC(=O)c1cccc(-c2cnc3c(Nc4cccc(N(C)C)c4)nccn23)c1.CN(C)c1cccc(Nc2nccn3c(-c4ccc(F)cc4F)cnc23)c1.CN(C)c1cccc(Nc2nccn3c(-c4cccc(N5CCCC5)c4)cnc23)c1.COc1ccccc1-c1cnc2c(Nc3cccc(N(C)C)c3)nccn12.CSc1ccc(-c2cnc3c(Nc4cccc(N(C)C)c4)nccn23)cc1. The molecule has 0 radical (unpaired) electrons. The maximum atomic E-state index is 14.2. The fourth-order valence-corrected chi connectivity index (χ4v) is 16.6. The van der Waals surface area contributed by atoms with Gasteiger partial charge in [0.05, 0.1) is 78.7 Å². The van der Waals surface area contributed by atoms with Gasteiger partial charge in [-0.05, 0) is 178 Å². The molecule has 1 fully saturated rings. The molecule has 1 saturated heterocycles. The van der Waals surface area contributed by atoms with Crippen molar-refractivity contribution in [3.05, 3.63) is 347 Å².